The number of ether oxygens (including phenoxy) is 1. The highest BCUT2D eigenvalue weighted by Crippen LogP contribution is 2.22. The first-order valence-electron chi connectivity index (χ1n) is 7.75. The van der Waals surface area contributed by atoms with Crippen LogP contribution in [0.1, 0.15) is 32.4 Å². The lowest BCUT2D eigenvalue weighted by Crippen LogP contribution is -2.31. The van der Waals surface area contributed by atoms with Crippen LogP contribution in [0.15, 0.2) is 30.5 Å². The van der Waals surface area contributed by atoms with E-state index >= 15 is 0 Å². The van der Waals surface area contributed by atoms with Crippen molar-refractivity contribution in [1.29, 1.82) is 0 Å². The zero-order valence-corrected chi connectivity index (χ0v) is 15.6. The summed E-state index contributed by atoms with van der Waals surface area (Å²) >= 11 is 11.9. The molecular weight excluding hydrogens is 365 g/mol. The largest absolute Gasteiger partial charge is 0.452 e. The second-order valence-electron chi connectivity index (χ2n) is 5.79. The molecule has 1 N–H and O–H groups in total. The Morgan fingerprint density at radius 1 is 1.24 bits per heavy atom. The highest BCUT2D eigenvalue weighted by molar-refractivity contribution is 6.35. The van der Waals surface area contributed by atoms with E-state index in [1.807, 2.05) is 13.8 Å². The molecule has 0 spiro atoms. The van der Waals surface area contributed by atoms with Gasteiger partial charge in [0.15, 0.2) is 6.10 Å². The van der Waals surface area contributed by atoms with Gasteiger partial charge in [-0.25, -0.2) is 4.68 Å². The molecule has 2 aromatic rings. The fourth-order valence-corrected chi connectivity index (χ4v) is 2.64. The van der Waals surface area contributed by atoms with Crippen LogP contribution in [0, 0.1) is 0 Å². The normalized spacial score (nSPS) is 12.1. The van der Waals surface area contributed by atoms with Crippen molar-refractivity contribution in [3.05, 3.63) is 46.1 Å². The molecule has 0 aliphatic carbocycles. The number of carbonyl (C=O) groups is 2. The summed E-state index contributed by atoms with van der Waals surface area (Å²) < 4.78 is 6.84. The van der Waals surface area contributed by atoms with Crippen molar-refractivity contribution in [2.45, 2.75) is 39.3 Å². The highest BCUT2D eigenvalue weighted by atomic mass is 35.5. The third kappa shape index (κ3) is 5.21. The number of hydrogen-bond acceptors (Lipinski definition) is 4. The van der Waals surface area contributed by atoms with Gasteiger partial charge in [0.2, 0.25) is 0 Å². The molecule has 1 heterocycles. The average molecular weight is 384 g/mol. The third-order valence-corrected chi connectivity index (χ3v) is 4.02. The lowest BCUT2D eigenvalue weighted by Gasteiger charge is -2.16. The van der Waals surface area contributed by atoms with Gasteiger partial charge in [-0.2, -0.15) is 5.10 Å². The summed E-state index contributed by atoms with van der Waals surface area (Å²) in [6.07, 6.45) is 0.598. The highest BCUT2D eigenvalue weighted by Gasteiger charge is 2.20. The number of esters is 1. The SMILES string of the molecule is CC(C)n1nccc1NC(=O)[C@@H](C)OC(=O)Cc1ccc(Cl)cc1Cl. The van der Waals surface area contributed by atoms with E-state index in [1.165, 1.54) is 6.92 Å². The first-order chi connectivity index (χ1) is 11.8. The van der Waals surface area contributed by atoms with Crippen LogP contribution in [0.4, 0.5) is 5.82 Å². The molecule has 1 amide bonds. The number of anilines is 1. The Hall–Kier alpha value is -2.05. The Bertz CT molecular complexity index is 774. The standard InChI is InChI=1S/C17H19Cl2N3O3/c1-10(2)22-15(6-7-20-22)21-17(24)11(3)25-16(23)8-12-4-5-13(18)9-14(12)19/h4-7,9-11H,8H2,1-3H3,(H,21,24)/t11-/m1/s1. The Labute approximate surface area is 156 Å². The zero-order chi connectivity index (χ0) is 18.6. The van der Waals surface area contributed by atoms with Crippen LogP contribution < -0.4 is 5.32 Å². The lowest BCUT2D eigenvalue weighted by atomic mass is 10.1. The quantitative estimate of drug-likeness (QED) is 0.767. The van der Waals surface area contributed by atoms with Crippen LogP contribution in [0.3, 0.4) is 0 Å². The Kier molecular flexibility index (Phi) is 6.45. The molecule has 0 bridgehead atoms. The number of hydrogen-bond donors (Lipinski definition) is 1. The maximum atomic E-state index is 12.2. The molecule has 0 radical (unpaired) electrons. The molecule has 1 atom stereocenters. The summed E-state index contributed by atoms with van der Waals surface area (Å²) in [5.41, 5.74) is 0.585. The maximum absolute atomic E-state index is 12.2. The third-order valence-electron chi connectivity index (χ3n) is 3.44. The minimum atomic E-state index is -0.950. The Morgan fingerprint density at radius 3 is 2.60 bits per heavy atom. The van der Waals surface area contributed by atoms with Crippen LogP contribution in [0.2, 0.25) is 10.0 Å². The van der Waals surface area contributed by atoms with Gasteiger partial charge in [-0.3, -0.25) is 9.59 Å². The summed E-state index contributed by atoms with van der Waals surface area (Å²) in [6.45, 7) is 5.40. The molecule has 0 fully saturated rings. The number of amides is 1. The van der Waals surface area contributed by atoms with Crippen molar-refractivity contribution >= 4 is 40.9 Å². The predicted octanol–water partition coefficient (Wildman–Crippen LogP) is 3.88. The van der Waals surface area contributed by atoms with Crippen LogP contribution in [-0.4, -0.2) is 27.8 Å². The van der Waals surface area contributed by atoms with Gasteiger partial charge >= 0.3 is 5.97 Å². The predicted molar refractivity (Wildman–Crippen MR) is 97.0 cm³/mol. The Balaban J connectivity index is 1.94. The van der Waals surface area contributed by atoms with Gasteiger partial charge in [-0.15, -0.1) is 0 Å². The number of nitrogens with zero attached hydrogens (tertiary/aromatic N) is 2. The van der Waals surface area contributed by atoms with E-state index in [9.17, 15) is 9.59 Å². The van der Waals surface area contributed by atoms with Gasteiger partial charge in [0.25, 0.3) is 5.91 Å². The molecule has 0 unspecified atom stereocenters. The van der Waals surface area contributed by atoms with Gasteiger partial charge in [0.05, 0.1) is 12.6 Å². The van der Waals surface area contributed by atoms with Crippen LogP contribution in [-0.2, 0) is 20.7 Å². The molecular formula is C17H19Cl2N3O3. The molecule has 25 heavy (non-hydrogen) atoms. The summed E-state index contributed by atoms with van der Waals surface area (Å²) in [5, 5.41) is 7.69. The van der Waals surface area contributed by atoms with Crippen molar-refractivity contribution < 1.29 is 14.3 Å². The topological polar surface area (TPSA) is 73.2 Å². The molecule has 2 rings (SSSR count). The second-order valence-corrected chi connectivity index (χ2v) is 6.63. The molecule has 0 saturated carbocycles. The summed E-state index contributed by atoms with van der Waals surface area (Å²) in [4.78, 5) is 24.2. The van der Waals surface area contributed by atoms with Gasteiger partial charge in [0, 0.05) is 22.2 Å². The fraction of sp³-hybridized carbons (Fsp3) is 0.353. The van der Waals surface area contributed by atoms with E-state index in [-0.39, 0.29) is 12.5 Å². The monoisotopic (exact) mass is 383 g/mol. The average Bonchev–Trinajstić information content (AvgIpc) is 2.98. The minimum absolute atomic E-state index is 0.0441. The van der Waals surface area contributed by atoms with E-state index in [1.54, 1.807) is 35.1 Å². The fourth-order valence-electron chi connectivity index (χ4n) is 2.17. The molecule has 8 heteroatoms. The van der Waals surface area contributed by atoms with Crippen LogP contribution in [0.25, 0.3) is 0 Å². The van der Waals surface area contributed by atoms with Crippen molar-refractivity contribution in [3.63, 3.8) is 0 Å². The smallest absolute Gasteiger partial charge is 0.311 e. The summed E-state index contributed by atoms with van der Waals surface area (Å²) in [7, 11) is 0. The molecule has 1 aromatic carbocycles. The number of benzene rings is 1. The maximum Gasteiger partial charge on any atom is 0.311 e. The summed E-state index contributed by atoms with van der Waals surface area (Å²) in [5.74, 6) is -0.439. The van der Waals surface area contributed by atoms with Crippen LogP contribution >= 0.6 is 23.2 Å². The van der Waals surface area contributed by atoms with E-state index in [4.69, 9.17) is 27.9 Å². The number of aromatic nitrogens is 2. The van der Waals surface area contributed by atoms with Gasteiger partial charge < -0.3 is 10.1 Å². The number of rotatable bonds is 6. The zero-order valence-electron chi connectivity index (χ0n) is 14.1. The first-order valence-corrected chi connectivity index (χ1v) is 8.51. The summed E-state index contributed by atoms with van der Waals surface area (Å²) in [6, 6.07) is 6.61. The number of carbonyl (C=O) groups excluding carboxylic acids is 2. The number of nitrogens with one attached hydrogen (secondary N) is 1. The van der Waals surface area contributed by atoms with E-state index < -0.39 is 18.0 Å². The molecule has 0 saturated heterocycles. The molecule has 1 aromatic heterocycles. The van der Waals surface area contributed by atoms with Crippen LogP contribution in [0.5, 0.6) is 0 Å². The Morgan fingerprint density at radius 2 is 1.96 bits per heavy atom. The van der Waals surface area contributed by atoms with E-state index in [0.29, 0.717) is 21.4 Å². The molecule has 0 aliphatic heterocycles. The first kappa shape index (κ1) is 19.3. The second kappa shape index (κ2) is 8.36. The van der Waals surface area contributed by atoms with Crippen molar-refractivity contribution in [1.82, 2.24) is 9.78 Å². The van der Waals surface area contributed by atoms with Crippen molar-refractivity contribution in [2.75, 3.05) is 5.32 Å². The lowest BCUT2D eigenvalue weighted by molar-refractivity contribution is -0.152. The van der Waals surface area contributed by atoms with Gasteiger partial charge in [-0.05, 0) is 38.5 Å². The van der Waals surface area contributed by atoms with Crippen molar-refractivity contribution in [3.8, 4) is 0 Å². The minimum Gasteiger partial charge on any atom is -0.452 e. The van der Waals surface area contributed by atoms with E-state index in [0.717, 1.165) is 0 Å². The number of halogens is 2. The van der Waals surface area contributed by atoms with Crippen molar-refractivity contribution in [2.24, 2.45) is 0 Å². The van der Waals surface area contributed by atoms with Gasteiger partial charge in [-0.1, -0.05) is 29.3 Å². The van der Waals surface area contributed by atoms with Gasteiger partial charge in [0.1, 0.15) is 5.82 Å². The molecule has 0 aliphatic rings. The van der Waals surface area contributed by atoms with E-state index in [2.05, 4.69) is 10.4 Å². The molecule has 134 valence electrons. The molecule has 6 nitrogen and oxygen atoms in total.